The number of nitrogens with zero attached hydrogens (tertiary/aromatic N) is 1. The van der Waals surface area contributed by atoms with Crippen LogP contribution in [0.2, 0.25) is 0 Å². The Morgan fingerprint density at radius 2 is 2.05 bits per heavy atom. The Bertz CT molecular complexity index is 615. The summed E-state index contributed by atoms with van der Waals surface area (Å²) in [5, 5.41) is 0.915. The minimum Gasteiger partial charge on any atom is -0.466 e. The van der Waals surface area contributed by atoms with Crippen LogP contribution in [-0.2, 0) is 20.7 Å². The number of rotatable bonds is 3. The minimum atomic E-state index is -0.455. The maximum absolute atomic E-state index is 11.6. The molecule has 1 heterocycles. The zero-order chi connectivity index (χ0) is 13.8. The third-order valence-corrected chi connectivity index (χ3v) is 2.78. The van der Waals surface area contributed by atoms with Gasteiger partial charge in [0.05, 0.1) is 25.7 Å². The first-order valence-corrected chi connectivity index (χ1v) is 5.99. The number of hydrogen-bond acceptors (Lipinski definition) is 4. The van der Waals surface area contributed by atoms with E-state index in [9.17, 15) is 9.59 Å². The first kappa shape index (κ1) is 13.1. The molecule has 0 saturated carbocycles. The van der Waals surface area contributed by atoms with E-state index in [0.29, 0.717) is 12.1 Å². The second kappa shape index (κ2) is 5.56. The van der Waals surface area contributed by atoms with Crippen molar-refractivity contribution in [1.82, 2.24) is 4.57 Å². The summed E-state index contributed by atoms with van der Waals surface area (Å²) in [6.45, 7) is 2.13. The molecule has 0 aliphatic heterocycles. The van der Waals surface area contributed by atoms with Gasteiger partial charge in [-0.25, -0.2) is 4.79 Å². The van der Waals surface area contributed by atoms with Crippen molar-refractivity contribution in [2.24, 2.45) is 0 Å². The van der Waals surface area contributed by atoms with E-state index in [4.69, 9.17) is 9.47 Å². The molecule has 0 aliphatic carbocycles. The number of benzene rings is 1. The van der Waals surface area contributed by atoms with E-state index in [1.54, 1.807) is 19.2 Å². The summed E-state index contributed by atoms with van der Waals surface area (Å²) in [5.41, 5.74) is 1.52. The molecule has 0 fully saturated rings. The SMILES string of the molecule is CCOC(=O)Cc1ccc2ccn(C(=O)OC)c2c1. The lowest BCUT2D eigenvalue weighted by Gasteiger charge is -2.05. The van der Waals surface area contributed by atoms with Gasteiger partial charge in [0.1, 0.15) is 0 Å². The fourth-order valence-corrected chi connectivity index (χ4v) is 1.92. The summed E-state index contributed by atoms with van der Waals surface area (Å²) >= 11 is 0. The van der Waals surface area contributed by atoms with E-state index in [1.165, 1.54) is 11.7 Å². The first-order valence-electron chi connectivity index (χ1n) is 5.99. The second-order valence-electron chi connectivity index (χ2n) is 4.03. The van der Waals surface area contributed by atoms with Crippen LogP contribution in [0, 0.1) is 0 Å². The fraction of sp³-hybridized carbons (Fsp3) is 0.286. The molecular weight excluding hydrogens is 246 g/mol. The summed E-state index contributed by atoms with van der Waals surface area (Å²) in [7, 11) is 1.33. The van der Waals surface area contributed by atoms with E-state index >= 15 is 0 Å². The maximum Gasteiger partial charge on any atom is 0.418 e. The van der Waals surface area contributed by atoms with Crippen molar-refractivity contribution >= 4 is 23.0 Å². The van der Waals surface area contributed by atoms with Crippen LogP contribution in [-0.4, -0.2) is 30.3 Å². The first-order chi connectivity index (χ1) is 9.15. The lowest BCUT2D eigenvalue weighted by atomic mass is 10.1. The zero-order valence-electron chi connectivity index (χ0n) is 10.9. The number of carbonyl (C=O) groups is 2. The molecule has 2 aromatic rings. The van der Waals surface area contributed by atoms with Crippen LogP contribution in [0.25, 0.3) is 10.9 Å². The third kappa shape index (κ3) is 2.76. The molecule has 0 radical (unpaired) electrons. The molecule has 1 aromatic heterocycles. The van der Waals surface area contributed by atoms with Gasteiger partial charge in [-0.05, 0) is 24.6 Å². The summed E-state index contributed by atoms with van der Waals surface area (Å²) in [5.74, 6) is -0.280. The van der Waals surface area contributed by atoms with Gasteiger partial charge in [-0.15, -0.1) is 0 Å². The standard InChI is InChI=1S/C14H15NO4/c1-3-19-13(16)9-10-4-5-11-6-7-15(12(11)8-10)14(17)18-2/h4-8H,3,9H2,1-2H3. The molecule has 0 N–H and O–H groups in total. The van der Waals surface area contributed by atoms with Gasteiger partial charge in [-0.1, -0.05) is 12.1 Å². The number of aromatic nitrogens is 1. The van der Waals surface area contributed by atoms with Crippen molar-refractivity contribution in [3.63, 3.8) is 0 Å². The molecule has 1 aromatic carbocycles. The van der Waals surface area contributed by atoms with Crippen molar-refractivity contribution in [3.8, 4) is 0 Å². The van der Waals surface area contributed by atoms with Gasteiger partial charge >= 0.3 is 12.1 Å². The smallest absolute Gasteiger partial charge is 0.418 e. The zero-order valence-corrected chi connectivity index (χ0v) is 10.9. The molecule has 0 bridgehead atoms. The largest absolute Gasteiger partial charge is 0.466 e. The predicted octanol–water partition coefficient (Wildman–Crippen LogP) is 2.36. The molecule has 2 rings (SSSR count). The summed E-state index contributed by atoms with van der Waals surface area (Å²) in [6, 6.07) is 7.33. The molecule has 0 amide bonds. The van der Waals surface area contributed by atoms with Gasteiger partial charge in [-0.2, -0.15) is 0 Å². The Balaban J connectivity index is 2.33. The Hall–Kier alpha value is -2.30. The molecule has 0 aliphatic rings. The molecular formula is C14H15NO4. The molecule has 0 unspecified atom stereocenters. The number of ether oxygens (including phenoxy) is 2. The Morgan fingerprint density at radius 1 is 1.26 bits per heavy atom. The summed E-state index contributed by atoms with van der Waals surface area (Å²) < 4.78 is 11.0. The normalized spacial score (nSPS) is 10.4. The third-order valence-electron chi connectivity index (χ3n) is 2.78. The molecule has 100 valence electrons. The van der Waals surface area contributed by atoms with Crippen molar-refractivity contribution < 1.29 is 19.1 Å². The highest BCUT2D eigenvalue weighted by atomic mass is 16.5. The van der Waals surface area contributed by atoms with Crippen molar-refractivity contribution in [2.45, 2.75) is 13.3 Å². The summed E-state index contributed by atoms with van der Waals surface area (Å²) in [4.78, 5) is 23.0. The summed E-state index contributed by atoms with van der Waals surface area (Å²) in [6.07, 6.45) is 1.38. The molecule has 19 heavy (non-hydrogen) atoms. The van der Waals surface area contributed by atoms with Crippen molar-refractivity contribution in [3.05, 3.63) is 36.0 Å². The van der Waals surface area contributed by atoms with Crippen molar-refractivity contribution in [1.29, 1.82) is 0 Å². The van der Waals surface area contributed by atoms with Gasteiger partial charge < -0.3 is 9.47 Å². The van der Waals surface area contributed by atoms with Crippen LogP contribution in [0.4, 0.5) is 4.79 Å². The lowest BCUT2D eigenvalue weighted by molar-refractivity contribution is -0.142. The Labute approximate surface area is 110 Å². The predicted molar refractivity (Wildman–Crippen MR) is 70.1 cm³/mol. The number of fused-ring (bicyclic) bond motifs is 1. The fourth-order valence-electron chi connectivity index (χ4n) is 1.92. The molecule has 5 heteroatoms. The topological polar surface area (TPSA) is 57.5 Å². The van der Waals surface area contributed by atoms with E-state index < -0.39 is 6.09 Å². The highest BCUT2D eigenvalue weighted by Gasteiger charge is 2.10. The highest BCUT2D eigenvalue weighted by molar-refractivity contribution is 5.90. The molecule has 5 nitrogen and oxygen atoms in total. The van der Waals surface area contributed by atoms with Crippen LogP contribution in [0.1, 0.15) is 12.5 Å². The van der Waals surface area contributed by atoms with Gasteiger partial charge in [0.15, 0.2) is 0 Å². The van der Waals surface area contributed by atoms with Gasteiger partial charge in [0.2, 0.25) is 0 Å². The average molecular weight is 261 g/mol. The Kier molecular flexibility index (Phi) is 3.85. The molecule has 0 spiro atoms. The van der Waals surface area contributed by atoms with Gasteiger partial charge in [-0.3, -0.25) is 9.36 Å². The Morgan fingerprint density at radius 3 is 2.74 bits per heavy atom. The number of hydrogen-bond donors (Lipinski definition) is 0. The number of methoxy groups -OCH3 is 1. The second-order valence-corrected chi connectivity index (χ2v) is 4.03. The van der Waals surface area contributed by atoms with Crippen LogP contribution in [0.5, 0.6) is 0 Å². The van der Waals surface area contributed by atoms with Gasteiger partial charge in [0.25, 0.3) is 0 Å². The van der Waals surface area contributed by atoms with E-state index in [0.717, 1.165) is 10.9 Å². The van der Waals surface area contributed by atoms with Crippen LogP contribution < -0.4 is 0 Å². The van der Waals surface area contributed by atoms with E-state index in [2.05, 4.69) is 0 Å². The van der Waals surface area contributed by atoms with Crippen LogP contribution >= 0.6 is 0 Å². The van der Waals surface area contributed by atoms with Gasteiger partial charge in [0, 0.05) is 11.6 Å². The minimum absolute atomic E-state index is 0.191. The van der Waals surface area contributed by atoms with E-state index in [1.807, 2.05) is 18.2 Å². The van der Waals surface area contributed by atoms with E-state index in [-0.39, 0.29) is 12.4 Å². The maximum atomic E-state index is 11.6. The highest BCUT2D eigenvalue weighted by Crippen LogP contribution is 2.18. The van der Waals surface area contributed by atoms with Crippen LogP contribution in [0.15, 0.2) is 30.5 Å². The molecule has 0 atom stereocenters. The monoisotopic (exact) mass is 261 g/mol. The lowest BCUT2D eigenvalue weighted by Crippen LogP contribution is -2.10. The molecule has 0 saturated heterocycles. The number of esters is 1. The average Bonchev–Trinajstić information content (AvgIpc) is 2.81. The number of carbonyl (C=O) groups excluding carboxylic acids is 2. The van der Waals surface area contributed by atoms with Crippen LogP contribution in [0.3, 0.4) is 0 Å². The quantitative estimate of drug-likeness (QED) is 0.796. The van der Waals surface area contributed by atoms with Crippen molar-refractivity contribution in [2.75, 3.05) is 13.7 Å².